The lowest BCUT2D eigenvalue weighted by atomic mass is 9.95. The molecular weight excluding hydrogens is 242 g/mol. The van der Waals surface area contributed by atoms with Crippen LogP contribution in [0.15, 0.2) is 0 Å². The molecule has 1 N–H and O–H groups in total. The minimum Gasteiger partial charge on any atom is -0.342 e. The van der Waals surface area contributed by atoms with E-state index < -0.39 is 0 Å². The lowest BCUT2D eigenvalue weighted by Crippen LogP contribution is -2.63. The van der Waals surface area contributed by atoms with E-state index in [-0.39, 0.29) is 30.4 Å². The fraction of sp³-hybridized carbons (Fsp3) is 0.857. The number of hydrogen-bond donors (Lipinski definition) is 1. The van der Waals surface area contributed by atoms with Gasteiger partial charge in [0.05, 0.1) is 6.54 Å². The number of amides is 2. The number of carbonyl (C=O) groups excluding carboxylic acids is 2. The average Bonchev–Trinajstić information content (AvgIpc) is 3.19. The second-order valence-corrected chi connectivity index (χ2v) is 6.36. The number of piperidine rings is 1. The van der Waals surface area contributed by atoms with Crippen molar-refractivity contribution in [1.29, 1.82) is 0 Å². The number of piperazine rings is 1. The smallest absolute Gasteiger partial charge is 0.246 e. The lowest BCUT2D eigenvalue weighted by molar-refractivity contribution is -0.148. The van der Waals surface area contributed by atoms with Gasteiger partial charge >= 0.3 is 0 Å². The van der Waals surface area contributed by atoms with Crippen LogP contribution in [0.2, 0.25) is 0 Å². The molecule has 0 aromatic heterocycles. The van der Waals surface area contributed by atoms with E-state index >= 15 is 0 Å². The first-order chi connectivity index (χ1) is 9.06. The van der Waals surface area contributed by atoms with Crippen molar-refractivity contribution in [2.75, 3.05) is 20.1 Å². The molecule has 0 radical (unpaired) electrons. The van der Waals surface area contributed by atoms with Crippen LogP contribution in [-0.4, -0.2) is 59.9 Å². The number of hydrogen-bond acceptors (Lipinski definition) is 3. The van der Waals surface area contributed by atoms with Crippen LogP contribution in [0.5, 0.6) is 0 Å². The van der Waals surface area contributed by atoms with E-state index in [4.69, 9.17) is 0 Å². The van der Waals surface area contributed by atoms with Crippen LogP contribution in [0.4, 0.5) is 0 Å². The van der Waals surface area contributed by atoms with Gasteiger partial charge in [0.25, 0.3) is 0 Å². The molecule has 1 aliphatic carbocycles. The topological polar surface area (TPSA) is 52.7 Å². The third kappa shape index (κ3) is 2.48. The van der Waals surface area contributed by atoms with Gasteiger partial charge in [-0.1, -0.05) is 0 Å². The molecule has 3 aliphatic rings. The van der Waals surface area contributed by atoms with Crippen LogP contribution in [0.1, 0.15) is 32.6 Å². The summed E-state index contributed by atoms with van der Waals surface area (Å²) in [4.78, 5) is 28.5. The predicted octanol–water partition coefficient (Wildman–Crippen LogP) is 0.206. The van der Waals surface area contributed by atoms with E-state index in [0.29, 0.717) is 12.0 Å². The summed E-state index contributed by atoms with van der Waals surface area (Å²) in [5.74, 6) is 0.565. The minimum atomic E-state index is -0.240. The fourth-order valence-corrected chi connectivity index (χ4v) is 3.30. The molecule has 5 nitrogen and oxygen atoms in total. The summed E-state index contributed by atoms with van der Waals surface area (Å²) in [6.45, 7) is 3.45. The quantitative estimate of drug-likeness (QED) is 0.776. The zero-order chi connectivity index (χ0) is 13.6. The SMILES string of the molecule is CC1CC(N2CC(=O)NC(C3CC3)C2=O)CCN1C. The van der Waals surface area contributed by atoms with Crippen LogP contribution in [0.25, 0.3) is 0 Å². The number of carbonyl (C=O) groups is 2. The third-order valence-corrected chi connectivity index (χ3v) is 4.89. The highest BCUT2D eigenvalue weighted by Crippen LogP contribution is 2.35. The van der Waals surface area contributed by atoms with E-state index in [0.717, 1.165) is 32.2 Å². The predicted molar refractivity (Wildman–Crippen MR) is 71.5 cm³/mol. The van der Waals surface area contributed by atoms with Crippen molar-refractivity contribution in [3.05, 3.63) is 0 Å². The zero-order valence-electron chi connectivity index (χ0n) is 11.8. The highest BCUT2D eigenvalue weighted by molar-refractivity contribution is 5.95. The molecule has 2 heterocycles. The molecule has 0 bridgehead atoms. The average molecular weight is 265 g/mol. The van der Waals surface area contributed by atoms with Crippen LogP contribution in [0, 0.1) is 5.92 Å². The number of likely N-dealkylation sites (tertiary alicyclic amines) is 1. The summed E-state index contributed by atoms with van der Waals surface area (Å²) in [5.41, 5.74) is 0. The molecule has 3 rings (SSSR count). The summed E-state index contributed by atoms with van der Waals surface area (Å²) >= 11 is 0. The maximum absolute atomic E-state index is 12.5. The monoisotopic (exact) mass is 265 g/mol. The Kier molecular flexibility index (Phi) is 3.25. The second-order valence-electron chi connectivity index (χ2n) is 6.36. The molecule has 3 fully saturated rings. The van der Waals surface area contributed by atoms with Gasteiger partial charge in [-0.05, 0) is 45.6 Å². The Bertz CT molecular complexity index is 394. The summed E-state index contributed by atoms with van der Waals surface area (Å²) in [6, 6.07) is 0.484. The van der Waals surface area contributed by atoms with Gasteiger partial charge < -0.3 is 15.1 Å². The van der Waals surface area contributed by atoms with Crippen LogP contribution in [0.3, 0.4) is 0 Å². The molecule has 3 unspecified atom stereocenters. The molecule has 2 aliphatic heterocycles. The summed E-state index contributed by atoms with van der Waals surface area (Å²) in [7, 11) is 2.12. The van der Waals surface area contributed by atoms with Crippen molar-refractivity contribution < 1.29 is 9.59 Å². The Morgan fingerprint density at radius 3 is 2.58 bits per heavy atom. The summed E-state index contributed by atoms with van der Waals surface area (Å²) < 4.78 is 0. The largest absolute Gasteiger partial charge is 0.342 e. The first-order valence-electron chi connectivity index (χ1n) is 7.36. The van der Waals surface area contributed by atoms with Gasteiger partial charge in [-0.3, -0.25) is 9.59 Å². The van der Waals surface area contributed by atoms with Crippen LogP contribution >= 0.6 is 0 Å². The molecular formula is C14H23N3O2. The third-order valence-electron chi connectivity index (χ3n) is 4.89. The summed E-state index contributed by atoms with van der Waals surface area (Å²) in [5, 5.41) is 2.88. The molecule has 0 aromatic carbocycles. The standard InChI is InChI=1S/C14H23N3O2/c1-9-7-11(5-6-16(9)2)17-8-12(18)15-13(14(17)19)10-3-4-10/h9-11,13H,3-8H2,1-2H3,(H,15,18). The fourth-order valence-electron chi connectivity index (χ4n) is 3.30. The molecule has 2 amide bonds. The minimum absolute atomic E-state index is 0.0167. The first-order valence-corrected chi connectivity index (χ1v) is 7.36. The van der Waals surface area contributed by atoms with Crippen LogP contribution < -0.4 is 5.32 Å². The maximum atomic E-state index is 12.5. The summed E-state index contributed by atoms with van der Waals surface area (Å²) in [6.07, 6.45) is 4.12. The van der Waals surface area contributed by atoms with Crippen molar-refractivity contribution in [3.63, 3.8) is 0 Å². The van der Waals surface area contributed by atoms with E-state index in [1.165, 1.54) is 0 Å². The Balaban J connectivity index is 1.71. The van der Waals surface area contributed by atoms with Crippen molar-refractivity contribution in [2.24, 2.45) is 5.92 Å². The van der Waals surface area contributed by atoms with Crippen molar-refractivity contribution in [2.45, 2.75) is 50.7 Å². The molecule has 106 valence electrons. The van der Waals surface area contributed by atoms with Crippen molar-refractivity contribution in [3.8, 4) is 0 Å². The molecule has 3 atom stereocenters. The molecule has 0 spiro atoms. The van der Waals surface area contributed by atoms with Gasteiger partial charge in [-0.15, -0.1) is 0 Å². The first kappa shape index (κ1) is 12.9. The van der Waals surface area contributed by atoms with Crippen molar-refractivity contribution in [1.82, 2.24) is 15.1 Å². The number of nitrogens with zero attached hydrogens (tertiary/aromatic N) is 2. The highest BCUT2D eigenvalue weighted by Gasteiger charge is 2.45. The Hall–Kier alpha value is -1.10. The van der Waals surface area contributed by atoms with Gasteiger partial charge in [-0.25, -0.2) is 0 Å². The van der Waals surface area contributed by atoms with Gasteiger partial charge in [-0.2, -0.15) is 0 Å². The normalized spacial score (nSPS) is 37.4. The van der Waals surface area contributed by atoms with Gasteiger partial charge in [0.1, 0.15) is 6.04 Å². The molecule has 0 aromatic rings. The second kappa shape index (κ2) is 4.78. The van der Waals surface area contributed by atoms with Crippen LogP contribution in [-0.2, 0) is 9.59 Å². The zero-order valence-corrected chi connectivity index (χ0v) is 11.8. The van der Waals surface area contributed by atoms with E-state index in [9.17, 15) is 9.59 Å². The molecule has 19 heavy (non-hydrogen) atoms. The van der Waals surface area contributed by atoms with Gasteiger partial charge in [0.15, 0.2) is 0 Å². The van der Waals surface area contributed by atoms with Crippen molar-refractivity contribution >= 4 is 11.8 Å². The Morgan fingerprint density at radius 1 is 1.21 bits per heavy atom. The van der Waals surface area contributed by atoms with E-state index in [1.807, 2.05) is 4.90 Å². The van der Waals surface area contributed by atoms with E-state index in [1.54, 1.807) is 0 Å². The molecule has 2 saturated heterocycles. The van der Waals surface area contributed by atoms with E-state index in [2.05, 4.69) is 24.2 Å². The Labute approximate surface area is 114 Å². The number of rotatable bonds is 2. The highest BCUT2D eigenvalue weighted by atomic mass is 16.2. The molecule has 1 saturated carbocycles. The lowest BCUT2D eigenvalue weighted by Gasteiger charge is -2.43. The van der Waals surface area contributed by atoms with Gasteiger partial charge in [0, 0.05) is 18.6 Å². The number of nitrogens with one attached hydrogen (secondary N) is 1. The van der Waals surface area contributed by atoms with Gasteiger partial charge in [0.2, 0.25) is 11.8 Å². The molecule has 5 heteroatoms. The maximum Gasteiger partial charge on any atom is 0.246 e. The Morgan fingerprint density at radius 2 is 1.95 bits per heavy atom.